The van der Waals surface area contributed by atoms with Gasteiger partial charge in [0.2, 0.25) is 5.91 Å². The molecule has 0 spiro atoms. The first-order chi connectivity index (χ1) is 11.6. The largest absolute Gasteiger partial charge is 0.410 e. The molecule has 1 aliphatic rings. The van der Waals surface area contributed by atoms with Gasteiger partial charge in [0, 0.05) is 6.04 Å². The summed E-state index contributed by atoms with van der Waals surface area (Å²) in [7, 11) is 0. The zero-order valence-electron chi connectivity index (χ0n) is 13.2. The average Bonchev–Trinajstić information content (AvgIpc) is 3.29. The molecule has 1 atom stereocenters. The fraction of sp³-hybridized carbons (Fsp3) is 0.467. The minimum Gasteiger partial charge on any atom is -0.410 e. The van der Waals surface area contributed by atoms with Crippen molar-refractivity contribution in [3.05, 3.63) is 17.5 Å². The van der Waals surface area contributed by atoms with E-state index < -0.39 is 11.3 Å². The van der Waals surface area contributed by atoms with E-state index in [1.165, 1.54) is 11.3 Å². The maximum absolute atomic E-state index is 12.1. The van der Waals surface area contributed by atoms with Crippen molar-refractivity contribution in [2.75, 3.05) is 0 Å². The predicted octanol–water partition coefficient (Wildman–Crippen LogP) is 3.05. The maximum Gasteiger partial charge on any atom is 0.321 e. The van der Waals surface area contributed by atoms with Gasteiger partial charge in [-0.1, -0.05) is 30.7 Å². The van der Waals surface area contributed by atoms with Crippen LogP contribution in [-0.4, -0.2) is 33.4 Å². The Morgan fingerprint density at radius 1 is 1.38 bits per heavy atom. The number of hydrogen-bond acceptors (Lipinski definition) is 7. The highest BCUT2D eigenvalue weighted by atomic mass is 32.2. The van der Waals surface area contributed by atoms with E-state index in [2.05, 4.69) is 20.8 Å². The Labute approximate surface area is 147 Å². The molecule has 0 aromatic carbocycles. The molecule has 0 aliphatic heterocycles. The number of thiophene rings is 1. The third-order valence-corrected chi connectivity index (χ3v) is 5.50. The van der Waals surface area contributed by atoms with Crippen LogP contribution in [0.3, 0.4) is 0 Å². The Morgan fingerprint density at radius 3 is 2.88 bits per heavy atom. The van der Waals surface area contributed by atoms with Crippen molar-refractivity contribution in [2.45, 2.75) is 49.1 Å². The highest BCUT2D eigenvalue weighted by molar-refractivity contribution is 8.00. The molecule has 3 amide bonds. The summed E-state index contributed by atoms with van der Waals surface area (Å²) < 4.78 is 5.53. The van der Waals surface area contributed by atoms with E-state index in [1.807, 2.05) is 17.5 Å². The van der Waals surface area contributed by atoms with Crippen LogP contribution in [-0.2, 0) is 4.79 Å². The van der Waals surface area contributed by atoms with Gasteiger partial charge < -0.3 is 9.73 Å². The fourth-order valence-corrected chi connectivity index (χ4v) is 3.79. The van der Waals surface area contributed by atoms with Crippen molar-refractivity contribution in [3.63, 3.8) is 0 Å². The summed E-state index contributed by atoms with van der Waals surface area (Å²) in [5, 5.41) is 14.8. The second-order valence-electron chi connectivity index (χ2n) is 5.55. The SMILES string of the molecule is C[C@H](Sc1nnc(-c2cccs2)o1)C(=O)NC(=O)NC1CCCC1. The lowest BCUT2D eigenvalue weighted by atomic mass is 10.2. The van der Waals surface area contributed by atoms with Crippen LogP contribution in [0.4, 0.5) is 4.79 Å². The van der Waals surface area contributed by atoms with Crippen LogP contribution < -0.4 is 10.6 Å². The number of imide groups is 1. The van der Waals surface area contributed by atoms with Crippen LogP contribution in [0.15, 0.2) is 27.2 Å². The van der Waals surface area contributed by atoms with Gasteiger partial charge in [0.25, 0.3) is 11.1 Å². The van der Waals surface area contributed by atoms with Crippen LogP contribution in [0.2, 0.25) is 0 Å². The second kappa shape index (κ2) is 7.80. The zero-order chi connectivity index (χ0) is 16.9. The Kier molecular flexibility index (Phi) is 5.52. The number of urea groups is 1. The van der Waals surface area contributed by atoms with E-state index >= 15 is 0 Å². The van der Waals surface area contributed by atoms with Crippen LogP contribution in [0, 0.1) is 0 Å². The van der Waals surface area contributed by atoms with Gasteiger partial charge in [-0.15, -0.1) is 21.5 Å². The molecule has 1 saturated carbocycles. The summed E-state index contributed by atoms with van der Waals surface area (Å²) >= 11 is 2.63. The quantitative estimate of drug-likeness (QED) is 0.790. The van der Waals surface area contributed by atoms with Gasteiger partial charge in [-0.3, -0.25) is 10.1 Å². The van der Waals surface area contributed by atoms with Crippen molar-refractivity contribution in [1.29, 1.82) is 0 Å². The second-order valence-corrected chi connectivity index (χ2v) is 7.79. The number of nitrogens with zero attached hydrogens (tertiary/aromatic N) is 2. The number of nitrogens with one attached hydrogen (secondary N) is 2. The summed E-state index contributed by atoms with van der Waals surface area (Å²) in [5.74, 6) is 0.0467. The standard InChI is InChI=1S/C15H18N4O3S2/c1-9(12(20)17-14(21)16-10-5-2-3-6-10)24-15-19-18-13(22-15)11-7-4-8-23-11/h4,7-10H,2-3,5-6H2,1H3,(H2,16,17,20,21)/t9-/m0/s1. The molecule has 0 bridgehead atoms. The lowest BCUT2D eigenvalue weighted by Gasteiger charge is -2.13. The van der Waals surface area contributed by atoms with Gasteiger partial charge in [0.15, 0.2) is 0 Å². The fourth-order valence-electron chi connectivity index (χ4n) is 2.47. The molecule has 1 aliphatic carbocycles. The summed E-state index contributed by atoms with van der Waals surface area (Å²) in [4.78, 5) is 24.8. The number of amides is 3. The number of carbonyl (C=O) groups is 2. The third-order valence-electron chi connectivity index (χ3n) is 3.71. The minimum atomic E-state index is -0.518. The van der Waals surface area contributed by atoms with E-state index in [4.69, 9.17) is 4.42 Å². The molecule has 0 saturated heterocycles. The molecule has 0 unspecified atom stereocenters. The number of rotatable bonds is 5. The Hall–Kier alpha value is -1.87. The average molecular weight is 366 g/mol. The Bertz CT molecular complexity index is 695. The number of hydrogen-bond donors (Lipinski definition) is 2. The molecule has 2 N–H and O–H groups in total. The number of aromatic nitrogens is 2. The Balaban J connectivity index is 1.49. The number of thioether (sulfide) groups is 1. The van der Waals surface area contributed by atoms with Crippen molar-refractivity contribution in [1.82, 2.24) is 20.8 Å². The first kappa shape index (κ1) is 17.0. The van der Waals surface area contributed by atoms with Gasteiger partial charge in [-0.05, 0) is 31.2 Å². The van der Waals surface area contributed by atoms with E-state index in [0.29, 0.717) is 11.1 Å². The van der Waals surface area contributed by atoms with Crippen LogP contribution >= 0.6 is 23.1 Å². The van der Waals surface area contributed by atoms with E-state index in [1.54, 1.807) is 6.92 Å². The summed E-state index contributed by atoms with van der Waals surface area (Å²) in [6.07, 6.45) is 4.18. The zero-order valence-corrected chi connectivity index (χ0v) is 14.8. The molecule has 2 aromatic rings. The molecule has 128 valence electrons. The van der Waals surface area contributed by atoms with Crippen LogP contribution in [0.5, 0.6) is 0 Å². The molecule has 1 fully saturated rings. The predicted molar refractivity (Wildman–Crippen MR) is 91.9 cm³/mol. The van der Waals surface area contributed by atoms with Crippen molar-refractivity contribution in [3.8, 4) is 10.8 Å². The van der Waals surface area contributed by atoms with E-state index in [-0.39, 0.29) is 11.9 Å². The van der Waals surface area contributed by atoms with E-state index in [9.17, 15) is 9.59 Å². The van der Waals surface area contributed by atoms with Crippen LogP contribution in [0.1, 0.15) is 32.6 Å². The first-order valence-electron chi connectivity index (χ1n) is 7.77. The van der Waals surface area contributed by atoms with Crippen molar-refractivity contribution in [2.24, 2.45) is 0 Å². The lowest BCUT2D eigenvalue weighted by molar-refractivity contribution is -0.119. The lowest BCUT2D eigenvalue weighted by Crippen LogP contribution is -2.45. The van der Waals surface area contributed by atoms with Crippen LogP contribution in [0.25, 0.3) is 10.8 Å². The summed E-state index contributed by atoms with van der Waals surface area (Å²) in [5.41, 5.74) is 0. The smallest absolute Gasteiger partial charge is 0.321 e. The van der Waals surface area contributed by atoms with Gasteiger partial charge >= 0.3 is 6.03 Å². The molecule has 3 rings (SSSR count). The van der Waals surface area contributed by atoms with Crippen molar-refractivity contribution >= 4 is 35.0 Å². The molecule has 24 heavy (non-hydrogen) atoms. The highest BCUT2D eigenvalue weighted by Crippen LogP contribution is 2.28. The van der Waals surface area contributed by atoms with Crippen molar-refractivity contribution < 1.29 is 14.0 Å². The molecule has 9 heteroatoms. The first-order valence-corrected chi connectivity index (χ1v) is 9.53. The number of carbonyl (C=O) groups excluding carboxylic acids is 2. The molecular weight excluding hydrogens is 348 g/mol. The minimum absolute atomic E-state index is 0.171. The molecule has 7 nitrogen and oxygen atoms in total. The van der Waals surface area contributed by atoms with Gasteiger partial charge in [-0.25, -0.2) is 4.79 Å². The van der Waals surface area contributed by atoms with Gasteiger partial charge in [-0.2, -0.15) is 0 Å². The summed E-state index contributed by atoms with van der Waals surface area (Å²) in [6.45, 7) is 1.69. The van der Waals surface area contributed by atoms with Gasteiger partial charge in [0.1, 0.15) is 0 Å². The molecular formula is C15H18N4O3S2. The van der Waals surface area contributed by atoms with Gasteiger partial charge in [0.05, 0.1) is 10.1 Å². The summed E-state index contributed by atoms with van der Waals surface area (Å²) in [6, 6.07) is 3.51. The molecule has 2 heterocycles. The normalized spacial score (nSPS) is 16.0. The van der Waals surface area contributed by atoms with E-state index in [0.717, 1.165) is 42.3 Å². The third kappa shape index (κ3) is 4.35. The Morgan fingerprint density at radius 2 is 2.17 bits per heavy atom. The molecule has 0 radical (unpaired) electrons. The topological polar surface area (TPSA) is 97.1 Å². The highest BCUT2D eigenvalue weighted by Gasteiger charge is 2.22. The maximum atomic E-state index is 12.1. The molecule has 2 aromatic heterocycles. The monoisotopic (exact) mass is 366 g/mol.